The number of hydrogen-bond donors (Lipinski definition) is 0. The molecule has 0 aliphatic rings. The van der Waals surface area contributed by atoms with Gasteiger partial charge in [0.2, 0.25) is 0 Å². The summed E-state index contributed by atoms with van der Waals surface area (Å²) in [5.41, 5.74) is 1.81. The van der Waals surface area contributed by atoms with Crippen molar-refractivity contribution in [1.29, 1.82) is 0 Å². The molecule has 0 bridgehead atoms. The summed E-state index contributed by atoms with van der Waals surface area (Å²) in [5.74, 6) is 0.810. The predicted molar refractivity (Wildman–Crippen MR) is 59.5 cm³/mol. The van der Waals surface area contributed by atoms with Crippen molar-refractivity contribution in [2.45, 2.75) is 0 Å². The first kappa shape index (κ1) is 9.86. The minimum absolute atomic E-state index is 0.501. The van der Waals surface area contributed by atoms with Gasteiger partial charge in [0.1, 0.15) is 5.75 Å². The van der Waals surface area contributed by atoms with E-state index in [4.69, 9.17) is 4.74 Å². The van der Waals surface area contributed by atoms with Gasteiger partial charge in [-0.15, -0.1) is 11.3 Å². The van der Waals surface area contributed by atoms with Gasteiger partial charge in [0.15, 0.2) is 11.3 Å². The molecule has 0 saturated heterocycles. The number of aromatic nitrogens is 1. The molecular weight excluding hydrogens is 210 g/mol. The number of nitrogens with zero attached hydrogens (tertiary/aromatic N) is 1. The highest BCUT2D eigenvalue weighted by atomic mass is 32.1. The van der Waals surface area contributed by atoms with Crippen LogP contribution in [0.25, 0.3) is 11.3 Å². The molecule has 0 radical (unpaired) electrons. The average molecular weight is 219 g/mol. The number of aldehydes is 1. The van der Waals surface area contributed by atoms with Crippen LogP contribution in [0.5, 0.6) is 5.75 Å². The third kappa shape index (κ3) is 2.05. The minimum atomic E-state index is 0.501. The van der Waals surface area contributed by atoms with Crippen LogP contribution in [0.1, 0.15) is 9.80 Å². The second-order valence-electron chi connectivity index (χ2n) is 2.92. The van der Waals surface area contributed by atoms with Gasteiger partial charge in [0.05, 0.1) is 12.8 Å². The summed E-state index contributed by atoms with van der Waals surface area (Å²) >= 11 is 1.34. The fourth-order valence-electron chi connectivity index (χ4n) is 1.24. The number of hydrogen-bond acceptors (Lipinski definition) is 4. The summed E-state index contributed by atoms with van der Waals surface area (Å²) in [6.45, 7) is 0. The standard InChI is InChI=1S/C11H9NO2S/c1-14-9-4-2-8(3-5-9)10-7-15-11(6-13)12-10/h2-7H,1H3. The van der Waals surface area contributed by atoms with Gasteiger partial charge in [-0.3, -0.25) is 4.79 Å². The molecule has 0 aliphatic carbocycles. The zero-order valence-electron chi connectivity index (χ0n) is 8.14. The molecule has 1 heterocycles. The number of thiazole rings is 1. The molecule has 0 aliphatic heterocycles. The summed E-state index contributed by atoms with van der Waals surface area (Å²) in [7, 11) is 1.63. The molecule has 76 valence electrons. The van der Waals surface area contributed by atoms with Crippen LogP contribution in [0.3, 0.4) is 0 Å². The van der Waals surface area contributed by atoms with Crippen molar-refractivity contribution in [2.75, 3.05) is 7.11 Å². The number of carbonyl (C=O) groups is 1. The number of methoxy groups -OCH3 is 1. The Hall–Kier alpha value is -1.68. The molecule has 2 aromatic rings. The molecule has 3 nitrogen and oxygen atoms in total. The average Bonchev–Trinajstić information content (AvgIpc) is 2.78. The highest BCUT2D eigenvalue weighted by Crippen LogP contribution is 2.23. The van der Waals surface area contributed by atoms with E-state index in [1.807, 2.05) is 29.6 Å². The van der Waals surface area contributed by atoms with E-state index in [0.717, 1.165) is 23.3 Å². The van der Waals surface area contributed by atoms with Gasteiger partial charge in [-0.05, 0) is 24.3 Å². The van der Waals surface area contributed by atoms with Crippen LogP contribution in [0.2, 0.25) is 0 Å². The first-order chi connectivity index (χ1) is 7.33. The monoisotopic (exact) mass is 219 g/mol. The zero-order chi connectivity index (χ0) is 10.7. The lowest BCUT2D eigenvalue weighted by atomic mass is 10.2. The van der Waals surface area contributed by atoms with Crippen molar-refractivity contribution in [1.82, 2.24) is 4.98 Å². The van der Waals surface area contributed by atoms with Crippen LogP contribution in [0, 0.1) is 0 Å². The van der Waals surface area contributed by atoms with E-state index in [0.29, 0.717) is 5.01 Å². The first-order valence-electron chi connectivity index (χ1n) is 4.38. The Balaban J connectivity index is 2.32. The molecule has 0 N–H and O–H groups in total. The molecule has 1 aromatic carbocycles. The second kappa shape index (κ2) is 4.23. The zero-order valence-corrected chi connectivity index (χ0v) is 8.95. The summed E-state index contributed by atoms with van der Waals surface area (Å²) < 4.78 is 5.06. The number of carbonyl (C=O) groups excluding carboxylic acids is 1. The van der Waals surface area contributed by atoms with Crippen molar-refractivity contribution in [3.8, 4) is 17.0 Å². The van der Waals surface area contributed by atoms with Crippen molar-refractivity contribution >= 4 is 17.6 Å². The Bertz CT molecular complexity index is 462. The number of rotatable bonds is 3. The number of ether oxygens (including phenoxy) is 1. The maximum Gasteiger partial charge on any atom is 0.178 e. The quantitative estimate of drug-likeness (QED) is 0.745. The summed E-state index contributed by atoms with van der Waals surface area (Å²) in [4.78, 5) is 14.6. The molecular formula is C11H9NO2S. The van der Waals surface area contributed by atoms with Gasteiger partial charge < -0.3 is 4.74 Å². The lowest BCUT2D eigenvalue weighted by Crippen LogP contribution is -1.83. The highest BCUT2D eigenvalue weighted by Gasteiger charge is 2.03. The molecule has 0 unspecified atom stereocenters. The van der Waals surface area contributed by atoms with E-state index in [1.54, 1.807) is 7.11 Å². The molecule has 2 rings (SSSR count). The van der Waals surface area contributed by atoms with Crippen molar-refractivity contribution < 1.29 is 9.53 Å². The van der Waals surface area contributed by atoms with Crippen LogP contribution < -0.4 is 4.74 Å². The predicted octanol–water partition coefficient (Wildman–Crippen LogP) is 2.63. The van der Waals surface area contributed by atoms with Crippen molar-refractivity contribution in [3.63, 3.8) is 0 Å². The molecule has 1 aromatic heterocycles. The molecule has 0 fully saturated rings. The van der Waals surface area contributed by atoms with Gasteiger partial charge in [-0.25, -0.2) is 4.98 Å². The van der Waals surface area contributed by atoms with Gasteiger partial charge in [-0.2, -0.15) is 0 Å². The van der Waals surface area contributed by atoms with Crippen LogP contribution in [-0.4, -0.2) is 18.4 Å². The Morgan fingerprint density at radius 3 is 2.60 bits per heavy atom. The van der Waals surface area contributed by atoms with Gasteiger partial charge in [0, 0.05) is 10.9 Å². The van der Waals surface area contributed by atoms with E-state index >= 15 is 0 Å². The maximum absolute atomic E-state index is 10.5. The first-order valence-corrected chi connectivity index (χ1v) is 5.26. The van der Waals surface area contributed by atoms with E-state index in [-0.39, 0.29) is 0 Å². The Kier molecular flexibility index (Phi) is 2.78. The number of benzene rings is 1. The fourth-order valence-corrected chi connectivity index (χ4v) is 1.86. The van der Waals surface area contributed by atoms with E-state index in [9.17, 15) is 4.79 Å². The Morgan fingerprint density at radius 2 is 2.07 bits per heavy atom. The smallest absolute Gasteiger partial charge is 0.178 e. The third-order valence-corrected chi connectivity index (χ3v) is 2.78. The SMILES string of the molecule is COc1ccc(-c2csc(C=O)n2)cc1. The molecule has 4 heteroatoms. The maximum atomic E-state index is 10.5. The van der Waals surface area contributed by atoms with Gasteiger partial charge in [-0.1, -0.05) is 0 Å². The molecule has 15 heavy (non-hydrogen) atoms. The molecule has 0 amide bonds. The highest BCUT2D eigenvalue weighted by molar-refractivity contribution is 7.11. The second-order valence-corrected chi connectivity index (χ2v) is 3.81. The van der Waals surface area contributed by atoms with E-state index < -0.39 is 0 Å². The minimum Gasteiger partial charge on any atom is -0.497 e. The summed E-state index contributed by atoms with van der Waals surface area (Å²) in [6, 6.07) is 7.58. The largest absolute Gasteiger partial charge is 0.497 e. The van der Waals surface area contributed by atoms with Crippen LogP contribution in [0.15, 0.2) is 29.6 Å². The van der Waals surface area contributed by atoms with Crippen LogP contribution in [0.4, 0.5) is 0 Å². The molecule has 0 atom stereocenters. The topological polar surface area (TPSA) is 39.2 Å². The summed E-state index contributed by atoms with van der Waals surface area (Å²) in [6.07, 6.45) is 0.762. The molecule has 0 saturated carbocycles. The summed E-state index contributed by atoms with van der Waals surface area (Å²) in [5, 5.41) is 2.37. The normalized spacial score (nSPS) is 9.93. The lowest BCUT2D eigenvalue weighted by molar-refractivity contribution is 0.112. The van der Waals surface area contributed by atoms with E-state index in [2.05, 4.69) is 4.98 Å². The lowest BCUT2D eigenvalue weighted by Gasteiger charge is -2.00. The molecule has 0 spiro atoms. The van der Waals surface area contributed by atoms with Gasteiger partial charge in [0.25, 0.3) is 0 Å². The van der Waals surface area contributed by atoms with Gasteiger partial charge >= 0.3 is 0 Å². The van der Waals surface area contributed by atoms with Crippen LogP contribution in [-0.2, 0) is 0 Å². The van der Waals surface area contributed by atoms with Crippen molar-refractivity contribution in [3.05, 3.63) is 34.7 Å². The van der Waals surface area contributed by atoms with Crippen LogP contribution >= 0.6 is 11.3 Å². The Labute approximate surface area is 91.4 Å². The fraction of sp³-hybridized carbons (Fsp3) is 0.0909. The van der Waals surface area contributed by atoms with E-state index in [1.165, 1.54) is 11.3 Å². The Morgan fingerprint density at radius 1 is 1.33 bits per heavy atom. The third-order valence-electron chi connectivity index (χ3n) is 2.01. The van der Waals surface area contributed by atoms with Crippen molar-refractivity contribution in [2.24, 2.45) is 0 Å².